The summed E-state index contributed by atoms with van der Waals surface area (Å²) in [5.74, 6) is 0.202. The second-order valence-electron chi connectivity index (χ2n) is 3.23. The number of pyridine rings is 1. The first-order valence-corrected chi connectivity index (χ1v) is 5.59. The maximum absolute atomic E-state index is 12.4. The summed E-state index contributed by atoms with van der Waals surface area (Å²) in [7, 11) is 0. The number of alkyl halides is 3. The van der Waals surface area contributed by atoms with Crippen LogP contribution in [0.3, 0.4) is 0 Å². The summed E-state index contributed by atoms with van der Waals surface area (Å²) < 4.78 is 37.1. The maximum Gasteiger partial charge on any atom is 0.433 e. The van der Waals surface area contributed by atoms with Crippen molar-refractivity contribution in [2.24, 2.45) is 0 Å². The second kappa shape index (κ2) is 4.70. The molecule has 0 saturated carbocycles. The Bertz CT molecular complexity index is 482. The first-order valence-electron chi connectivity index (χ1n) is 4.71. The SMILES string of the molecule is FC(F)(F)c1cccc(NCc2cncs2)n1. The number of hydrogen-bond acceptors (Lipinski definition) is 4. The standard InChI is InChI=1S/C10H8F3N3S/c11-10(12,13)8-2-1-3-9(16-8)15-5-7-4-14-6-17-7/h1-4,6H,5H2,(H,15,16). The van der Waals surface area contributed by atoms with Crippen LogP contribution in [-0.2, 0) is 12.7 Å². The Labute approximate surface area is 99.3 Å². The van der Waals surface area contributed by atoms with Gasteiger partial charge in [-0.3, -0.25) is 4.98 Å². The Kier molecular flexibility index (Phi) is 3.28. The number of rotatable bonds is 3. The summed E-state index contributed by atoms with van der Waals surface area (Å²) in [4.78, 5) is 8.30. The van der Waals surface area contributed by atoms with E-state index in [1.54, 1.807) is 11.7 Å². The van der Waals surface area contributed by atoms with Crippen LogP contribution in [0.5, 0.6) is 0 Å². The average Bonchev–Trinajstić information content (AvgIpc) is 2.78. The summed E-state index contributed by atoms with van der Waals surface area (Å²) in [6, 6.07) is 3.76. The van der Waals surface area contributed by atoms with E-state index >= 15 is 0 Å². The second-order valence-corrected chi connectivity index (χ2v) is 4.20. The molecule has 17 heavy (non-hydrogen) atoms. The van der Waals surface area contributed by atoms with Gasteiger partial charge in [0.05, 0.1) is 12.1 Å². The third-order valence-electron chi connectivity index (χ3n) is 1.97. The van der Waals surface area contributed by atoms with Crippen LogP contribution >= 0.6 is 11.3 Å². The first kappa shape index (κ1) is 11.8. The summed E-state index contributed by atoms with van der Waals surface area (Å²) in [5.41, 5.74) is 0.767. The molecule has 0 atom stereocenters. The van der Waals surface area contributed by atoms with Crippen molar-refractivity contribution in [3.8, 4) is 0 Å². The van der Waals surface area contributed by atoms with Crippen molar-refractivity contribution in [2.75, 3.05) is 5.32 Å². The minimum Gasteiger partial charge on any atom is -0.365 e. The fourth-order valence-corrected chi connectivity index (χ4v) is 1.73. The lowest BCUT2D eigenvalue weighted by Crippen LogP contribution is -2.09. The normalized spacial score (nSPS) is 11.5. The molecule has 0 bridgehead atoms. The fourth-order valence-electron chi connectivity index (χ4n) is 1.20. The third kappa shape index (κ3) is 3.16. The predicted molar refractivity (Wildman–Crippen MR) is 58.7 cm³/mol. The number of thiazole rings is 1. The van der Waals surface area contributed by atoms with Gasteiger partial charge in [0.1, 0.15) is 11.5 Å². The van der Waals surface area contributed by atoms with Gasteiger partial charge >= 0.3 is 6.18 Å². The van der Waals surface area contributed by atoms with Crippen molar-refractivity contribution in [3.05, 3.63) is 40.5 Å². The van der Waals surface area contributed by atoms with E-state index in [9.17, 15) is 13.2 Å². The molecule has 2 aromatic rings. The lowest BCUT2D eigenvalue weighted by molar-refractivity contribution is -0.141. The Morgan fingerprint density at radius 1 is 1.29 bits per heavy atom. The van der Waals surface area contributed by atoms with E-state index in [4.69, 9.17) is 0 Å². The Balaban J connectivity index is 2.07. The van der Waals surface area contributed by atoms with Crippen LogP contribution in [0.15, 0.2) is 29.9 Å². The van der Waals surface area contributed by atoms with Crippen molar-refractivity contribution >= 4 is 17.2 Å². The molecule has 0 amide bonds. The largest absolute Gasteiger partial charge is 0.433 e. The zero-order valence-corrected chi connectivity index (χ0v) is 9.35. The molecule has 0 spiro atoms. The number of aromatic nitrogens is 2. The number of anilines is 1. The minimum atomic E-state index is -4.41. The molecule has 2 rings (SSSR count). The molecule has 0 aliphatic rings. The highest BCUT2D eigenvalue weighted by Gasteiger charge is 2.32. The van der Waals surface area contributed by atoms with Crippen molar-refractivity contribution in [1.82, 2.24) is 9.97 Å². The number of nitrogens with zero attached hydrogens (tertiary/aromatic N) is 2. The van der Waals surface area contributed by atoms with Crippen molar-refractivity contribution in [3.63, 3.8) is 0 Å². The molecule has 1 N–H and O–H groups in total. The van der Waals surface area contributed by atoms with Crippen LogP contribution in [0.2, 0.25) is 0 Å². The number of hydrogen-bond donors (Lipinski definition) is 1. The Morgan fingerprint density at radius 3 is 2.76 bits per heavy atom. The molecule has 7 heteroatoms. The topological polar surface area (TPSA) is 37.8 Å². The minimum absolute atomic E-state index is 0.202. The zero-order chi connectivity index (χ0) is 12.3. The highest BCUT2D eigenvalue weighted by Crippen LogP contribution is 2.28. The molecule has 0 aromatic carbocycles. The van der Waals surface area contributed by atoms with Crippen LogP contribution in [0.25, 0.3) is 0 Å². The van der Waals surface area contributed by atoms with Gasteiger partial charge in [-0.15, -0.1) is 11.3 Å². The Morgan fingerprint density at radius 2 is 2.12 bits per heavy atom. The summed E-state index contributed by atoms with van der Waals surface area (Å²) in [6.45, 7) is 0.416. The van der Waals surface area contributed by atoms with E-state index < -0.39 is 11.9 Å². The smallest absolute Gasteiger partial charge is 0.365 e. The number of halogens is 3. The van der Waals surface area contributed by atoms with E-state index in [0.29, 0.717) is 6.54 Å². The molecule has 2 aromatic heterocycles. The average molecular weight is 259 g/mol. The highest BCUT2D eigenvalue weighted by molar-refractivity contribution is 7.09. The van der Waals surface area contributed by atoms with Crippen LogP contribution in [0.4, 0.5) is 19.0 Å². The predicted octanol–water partition coefficient (Wildman–Crippen LogP) is 3.17. The maximum atomic E-state index is 12.4. The van der Waals surface area contributed by atoms with Gasteiger partial charge in [-0.25, -0.2) is 4.98 Å². The lowest BCUT2D eigenvalue weighted by atomic mass is 10.3. The van der Waals surface area contributed by atoms with Gasteiger partial charge in [0.2, 0.25) is 0 Å². The molecular weight excluding hydrogens is 251 g/mol. The van der Waals surface area contributed by atoms with E-state index in [2.05, 4.69) is 15.3 Å². The quantitative estimate of drug-likeness (QED) is 0.920. The summed E-state index contributed by atoms with van der Waals surface area (Å²) in [5, 5.41) is 2.82. The summed E-state index contributed by atoms with van der Waals surface area (Å²) in [6.07, 6.45) is -2.76. The van der Waals surface area contributed by atoms with Gasteiger partial charge in [0.25, 0.3) is 0 Å². The molecule has 0 aliphatic carbocycles. The van der Waals surface area contributed by atoms with Gasteiger partial charge in [-0.05, 0) is 12.1 Å². The molecule has 0 radical (unpaired) electrons. The van der Waals surface area contributed by atoms with E-state index in [1.807, 2.05) is 0 Å². The molecule has 3 nitrogen and oxygen atoms in total. The van der Waals surface area contributed by atoms with Gasteiger partial charge in [0, 0.05) is 11.1 Å². The van der Waals surface area contributed by atoms with Gasteiger partial charge < -0.3 is 5.32 Å². The third-order valence-corrected chi connectivity index (χ3v) is 2.75. The molecule has 2 heterocycles. The van der Waals surface area contributed by atoms with Crippen LogP contribution in [0.1, 0.15) is 10.6 Å². The van der Waals surface area contributed by atoms with Gasteiger partial charge in [-0.2, -0.15) is 13.2 Å². The van der Waals surface area contributed by atoms with Gasteiger partial charge in [0.15, 0.2) is 0 Å². The van der Waals surface area contributed by atoms with Crippen molar-refractivity contribution in [1.29, 1.82) is 0 Å². The zero-order valence-electron chi connectivity index (χ0n) is 8.53. The fraction of sp³-hybridized carbons (Fsp3) is 0.200. The molecule has 0 saturated heterocycles. The van der Waals surface area contributed by atoms with Crippen molar-refractivity contribution < 1.29 is 13.2 Å². The van der Waals surface area contributed by atoms with E-state index in [1.165, 1.54) is 23.5 Å². The molecule has 0 fully saturated rings. The van der Waals surface area contributed by atoms with Crippen LogP contribution in [0, 0.1) is 0 Å². The van der Waals surface area contributed by atoms with Gasteiger partial charge in [-0.1, -0.05) is 6.07 Å². The number of nitrogens with one attached hydrogen (secondary N) is 1. The highest BCUT2D eigenvalue weighted by atomic mass is 32.1. The molecular formula is C10H8F3N3S. The lowest BCUT2D eigenvalue weighted by Gasteiger charge is -2.08. The molecule has 90 valence electrons. The first-order chi connectivity index (χ1) is 8.05. The van der Waals surface area contributed by atoms with Crippen molar-refractivity contribution in [2.45, 2.75) is 12.7 Å². The van der Waals surface area contributed by atoms with Crippen LogP contribution in [-0.4, -0.2) is 9.97 Å². The van der Waals surface area contributed by atoms with E-state index in [0.717, 1.165) is 10.9 Å². The molecule has 0 unspecified atom stereocenters. The van der Waals surface area contributed by atoms with Crippen LogP contribution < -0.4 is 5.32 Å². The van der Waals surface area contributed by atoms with E-state index in [-0.39, 0.29) is 5.82 Å². The monoisotopic (exact) mass is 259 g/mol. The Hall–Kier alpha value is -1.63. The molecule has 0 aliphatic heterocycles. The summed E-state index contributed by atoms with van der Waals surface area (Å²) >= 11 is 1.43.